The van der Waals surface area contributed by atoms with Crippen molar-refractivity contribution in [2.45, 2.75) is 30.6 Å². The fraction of sp³-hybridized carbons (Fsp3) is 0.500. The lowest BCUT2D eigenvalue weighted by atomic mass is 10.2. The Bertz CT molecular complexity index is 411. The minimum atomic E-state index is -0.913. The maximum Gasteiger partial charge on any atom is 0.335 e. The summed E-state index contributed by atoms with van der Waals surface area (Å²) < 4.78 is 0. The molecule has 1 aliphatic rings. The average Bonchev–Trinajstić information content (AvgIpc) is 2.77. The lowest BCUT2D eigenvalue weighted by Crippen LogP contribution is -2.17. The number of nitrogens with zero attached hydrogens (tertiary/aromatic N) is 1. The summed E-state index contributed by atoms with van der Waals surface area (Å²) in [4.78, 5) is 15.0. The van der Waals surface area contributed by atoms with E-state index in [1.807, 2.05) is 11.8 Å². The van der Waals surface area contributed by atoms with E-state index in [1.165, 1.54) is 18.7 Å². The Balaban J connectivity index is 1.99. The minimum Gasteiger partial charge on any atom is -0.478 e. The normalized spacial score (nSPS) is 23.6. The molecule has 4 nitrogen and oxygen atoms in total. The molecule has 1 fully saturated rings. The van der Waals surface area contributed by atoms with Crippen molar-refractivity contribution in [3.05, 3.63) is 23.9 Å². The third kappa shape index (κ3) is 3.12. The highest BCUT2D eigenvalue weighted by Gasteiger charge is 2.24. The molecule has 0 aromatic carbocycles. The topological polar surface area (TPSA) is 62.2 Å². The number of carboxylic acid groups (broad SMARTS) is 1. The highest BCUT2D eigenvalue weighted by atomic mass is 32.2. The van der Waals surface area contributed by atoms with E-state index in [9.17, 15) is 4.79 Å². The molecule has 17 heavy (non-hydrogen) atoms. The van der Waals surface area contributed by atoms with Crippen molar-refractivity contribution in [2.75, 3.05) is 11.6 Å². The van der Waals surface area contributed by atoms with Gasteiger partial charge in [-0.1, -0.05) is 0 Å². The van der Waals surface area contributed by atoms with Gasteiger partial charge in [-0.15, -0.1) is 0 Å². The third-order valence-corrected chi connectivity index (χ3v) is 4.17. The van der Waals surface area contributed by atoms with Crippen LogP contribution in [-0.4, -0.2) is 33.6 Å². The van der Waals surface area contributed by atoms with Gasteiger partial charge in [0.2, 0.25) is 0 Å². The van der Waals surface area contributed by atoms with Gasteiger partial charge in [-0.3, -0.25) is 0 Å². The molecule has 2 unspecified atom stereocenters. The first-order chi connectivity index (χ1) is 8.19. The van der Waals surface area contributed by atoms with Gasteiger partial charge in [0.25, 0.3) is 0 Å². The molecule has 2 N–H and O–H groups in total. The van der Waals surface area contributed by atoms with Crippen molar-refractivity contribution in [3.63, 3.8) is 0 Å². The minimum absolute atomic E-state index is 0.280. The number of hydrogen-bond acceptors (Lipinski definition) is 4. The van der Waals surface area contributed by atoms with Crippen LogP contribution in [0.3, 0.4) is 0 Å². The van der Waals surface area contributed by atoms with Crippen LogP contribution < -0.4 is 5.32 Å². The first-order valence-corrected chi connectivity index (χ1v) is 6.96. The second-order valence-corrected chi connectivity index (χ2v) is 5.39. The summed E-state index contributed by atoms with van der Waals surface area (Å²) in [5.74, 6) is -0.250. The lowest BCUT2D eigenvalue weighted by molar-refractivity contribution is 0.0697. The maximum absolute atomic E-state index is 10.8. The van der Waals surface area contributed by atoms with Gasteiger partial charge in [-0.05, 0) is 37.7 Å². The highest BCUT2D eigenvalue weighted by Crippen LogP contribution is 2.29. The quantitative estimate of drug-likeness (QED) is 0.862. The number of hydrogen-bond donors (Lipinski definition) is 2. The lowest BCUT2D eigenvalue weighted by Gasteiger charge is -2.13. The Labute approximate surface area is 105 Å². The second-order valence-electron chi connectivity index (χ2n) is 4.25. The molecular weight excluding hydrogens is 236 g/mol. The number of thioether (sulfide) groups is 1. The Kier molecular flexibility index (Phi) is 3.89. The molecule has 0 spiro atoms. The van der Waals surface area contributed by atoms with Crippen LogP contribution >= 0.6 is 11.8 Å². The smallest absolute Gasteiger partial charge is 0.335 e. The number of rotatable bonds is 4. The van der Waals surface area contributed by atoms with Crippen molar-refractivity contribution in [1.29, 1.82) is 0 Å². The van der Waals surface area contributed by atoms with Crippen LogP contribution in [0, 0.1) is 0 Å². The van der Waals surface area contributed by atoms with Gasteiger partial charge >= 0.3 is 5.97 Å². The van der Waals surface area contributed by atoms with Crippen molar-refractivity contribution >= 4 is 23.5 Å². The molecule has 0 bridgehead atoms. The third-order valence-electron chi connectivity index (χ3n) is 3.08. The number of nitrogens with one attached hydrogen (secondary N) is 1. The van der Waals surface area contributed by atoms with E-state index in [4.69, 9.17) is 5.11 Å². The Morgan fingerprint density at radius 1 is 1.59 bits per heavy atom. The monoisotopic (exact) mass is 252 g/mol. The summed E-state index contributed by atoms with van der Waals surface area (Å²) in [7, 11) is 0. The van der Waals surface area contributed by atoms with Crippen LogP contribution in [0.4, 0.5) is 5.82 Å². The number of aromatic carboxylic acids is 1. The summed E-state index contributed by atoms with van der Waals surface area (Å²) in [6.07, 6.45) is 7.14. The molecule has 92 valence electrons. The predicted molar refractivity (Wildman–Crippen MR) is 69.8 cm³/mol. The van der Waals surface area contributed by atoms with E-state index in [0.29, 0.717) is 11.9 Å². The molecule has 2 rings (SSSR count). The molecule has 1 aliphatic carbocycles. The van der Waals surface area contributed by atoms with Gasteiger partial charge in [0.05, 0.1) is 5.56 Å². The van der Waals surface area contributed by atoms with Crippen LogP contribution in [0.25, 0.3) is 0 Å². The molecule has 2 atom stereocenters. The summed E-state index contributed by atoms with van der Waals surface area (Å²) in [5, 5.41) is 12.9. The van der Waals surface area contributed by atoms with Gasteiger partial charge in [0, 0.05) is 17.5 Å². The Morgan fingerprint density at radius 2 is 2.41 bits per heavy atom. The molecule has 0 saturated heterocycles. The van der Waals surface area contributed by atoms with Gasteiger partial charge < -0.3 is 10.4 Å². The van der Waals surface area contributed by atoms with Crippen LogP contribution in [-0.2, 0) is 0 Å². The zero-order valence-electron chi connectivity index (χ0n) is 9.72. The maximum atomic E-state index is 10.8. The number of carboxylic acids is 1. The average molecular weight is 252 g/mol. The SMILES string of the molecule is CSC1CCC(Nc2cc(C(=O)O)ccn2)C1. The van der Waals surface area contributed by atoms with Crippen LogP contribution in [0.5, 0.6) is 0 Å². The number of anilines is 1. The van der Waals surface area contributed by atoms with E-state index in [-0.39, 0.29) is 5.56 Å². The van der Waals surface area contributed by atoms with E-state index in [1.54, 1.807) is 6.07 Å². The van der Waals surface area contributed by atoms with Crippen molar-refractivity contribution < 1.29 is 9.90 Å². The first kappa shape index (κ1) is 12.2. The summed E-state index contributed by atoms with van der Waals surface area (Å²) in [6.45, 7) is 0. The van der Waals surface area contributed by atoms with Crippen LogP contribution in [0.15, 0.2) is 18.3 Å². The molecule has 5 heteroatoms. The largest absolute Gasteiger partial charge is 0.478 e. The summed E-state index contributed by atoms with van der Waals surface area (Å²) in [5.41, 5.74) is 0.280. The molecule has 1 aromatic heterocycles. The van der Waals surface area contributed by atoms with Crippen LogP contribution in [0.1, 0.15) is 29.6 Å². The highest BCUT2D eigenvalue weighted by molar-refractivity contribution is 7.99. The van der Waals surface area contributed by atoms with E-state index in [0.717, 1.165) is 18.1 Å². The van der Waals surface area contributed by atoms with Crippen LogP contribution in [0.2, 0.25) is 0 Å². The fourth-order valence-corrected chi connectivity index (χ4v) is 2.93. The standard InChI is InChI=1S/C12H16N2O2S/c1-17-10-3-2-9(7-10)14-11-6-8(12(15)16)4-5-13-11/h4-6,9-10H,2-3,7H2,1H3,(H,13,14)(H,15,16). The Hall–Kier alpha value is -1.23. The zero-order valence-corrected chi connectivity index (χ0v) is 10.5. The second kappa shape index (κ2) is 5.40. The van der Waals surface area contributed by atoms with E-state index in [2.05, 4.69) is 16.6 Å². The molecule has 1 aromatic rings. The molecular formula is C12H16N2O2S. The summed E-state index contributed by atoms with van der Waals surface area (Å²) >= 11 is 1.90. The van der Waals surface area contributed by atoms with Crippen molar-refractivity contribution in [2.24, 2.45) is 0 Å². The van der Waals surface area contributed by atoms with Crippen molar-refractivity contribution in [3.8, 4) is 0 Å². The molecule has 1 heterocycles. The number of pyridine rings is 1. The number of carbonyl (C=O) groups is 1. The predicted octanol–water partition coefficient (Wildman–Crippen LogP) is 2.48. The van der Waals surface area contributed by atoms with Gasteiger partial charge in [0.15, 0.2) is 0 Å². The molecule has 0 radical (unpaired) electrons. The summed E-state index contributed by atoms with van der Waals surface area (Å²) in [6, 6.07) is 3.52. The molecule has 1 saturated carbocycles. The molecule has 0 amide bonds. The first-order valence-electron chi connectivity index (χ1n) is 5.67. The van der Waals surface area contributed by atoms with Gasteiger partial charge in [0.1, 0.15) is 5.82 Å². The molecule has 0 aliphatic heterocycles. The van der Waals surface area contributed by atoms with Gasteiger partial charge in [-0.2, -0.15) is 11.8 Å². The van der Waals surface area contributed by atoms with E-state index < -0.39 is 5.97 Å². The van der Waals surface area contributed by atoms with E-state index >= 15 is 0 Å². The number of aromatic nitrogens is 1. The zero-order chi connectivity index (χ0) is 12.3. The van der Waals surface area contributed by atoms with Gasteiger partial charge in [-0.25, -0.2) is 9.78 Å². The Morgan fingerprint density at radius 3 is 3.06 bits per heavy atom. The van der Waals surface area contributed by atoms with Crippen molar-refractivity contribution in [1.82, 2.24) is 4.98 Å². The fourth-order valence-electron chi connectivity index (χ4n) is 2.14.